The van der Waals surface area contributed by atoms with E-state index in [0.29, 0.717) is 43.4 Å². The van der Waals surface area contributed by atoms with Crippen LogP contribution in [0.25, 0.3) is 17.4 Å². The number of nitro benzene ring substituents is 1. The number of benzene rings is 2. The van der Waals surface area contributed by atoms with Gasteiger partial charge in [-0.3, -0.25) is 19.5 Å². The van der Waals surface area contributed by atoms with E-state index in [-0.39, 0.29) is 29.5 Å². The number of fused-ring (bicyclic) bond motifs is 1. The van der Waals surface area contributed by atoms with Crippen LogP contribution < -0.4 is 19.6 Å². The van der Waals surface area contributed by atoms with E-state index in [4.69, 9.17) is 13.9 Å². The predicted molar refractivity (Wildman–Crippen MR) is 163 cm³/mol. The second kappa shape index (κ2) is 11.8. The summed E-state index contributed by atoms with van der Waals surface area (Å²) in [4.78, 5) is 43.6. The maximum absolute atomic E-state index is 14.0. The third-order valence-corrected chi connectivity index (χ3v) is 8.05. The summed E-state index contributed by atoms with van der Waals surface area (Å²) in [5, 5.41) is 11.7. The number of carbonyl (C=O) groups excluding carboxylic acids is 1. The number of aryl methyl sites for hydroxylation is 2. The predicted octanol–water partition coefficient (Wildman–Crippen LogP) is 5.37. The average Bonchev–Trinajstić information content (AvgIpc) is 3.53. The van der Waals surface area contributed by atoms with Crippen molar-refractivity contribution in [1.29, 1.82) is 0 Å². The van der Waals surface area contributed by atoms with Gasteiger partial charge in [-0.25, -0.2) is 9.79 Å². The summed E-state index contributed by atoms with van der Waals surface area (Å²) in [5.74, 6) is 0.633. The van der Waals surface area contributed by atoms with Gasteiger partial charge in [-0.1, -0.05) is 29.5 Å². The van der Waals surface area contributed by atoms with Crippen LogP contribution in [0.15, 0.2) is 74.0 Å². The number of furan rings is 1. The minimum Gasteiger partial charge on any atom is -0.491 e. The van der Waals surface area contributed by atoms with Gasteiger partial charge < -0.3 is 13.9 Å². The van der Waals surface area contributed by atoms with Crippen molar-refractivity contribution in [3.05, 3.63) is 112 Å². The molecule has 2 aromatic heterocycles. The number of esters is 1. The Morgan fingerprint density at radius 2 is 1.88 bits per heavy atom. The molecule has 1 aliphatic heterocycles. The minimum absolute atomic E-state index is 0.0624. The number of nitro groups is 1. The molecule has 222 valence electrons. The molecular weight excluding hydrogens is 570 g/mol. The average molecular weight is 602 g/mol. The highest BCUT2D eigenvalue weighted by molar-refractivity contribution is 7.07. The Morgan fingerprint density at radius 1 is 1.16 bits per heavy atom. The van der Waals surface area contributed by atoms with Gasteiger partial charge in [0, 0.05) is 17.7 Å². The normalized spacial score (nSPS) is 15.0. The van der Waals surface area contributed by atoms with E-state index < -0.39 is 16.9 Å². The fourth-order valence-corrected chi connectivity index (χ4v) is 6.03. The molecule has 3 heterocycles. The van der Waals surface area contributed by atoms with Crippen molar-refractivity contribution in [2.24, 2.45) is 4.99 Å². The van der Waals surface area contributed by atoms with Gasteiger partial charge in [-0.05, 0) is 76.9 Å². The molecule has 43 heavy (non-hydrogen) atoms. The van der Waals surface area contributed by atoms with Crippen LogP contribution in [0.3, 0.4) is 0 Å². The summed E-state index contributed by atoms with van der Waals surface area (Å²) in [5.41, 5.74) is 2.93. The van der Waals surface area contributed by atoms with Gasteiger partial charge in [-0.2, -0.15) is 0 Å². The lowest BCUT2D eigenvalue weighted by atomic mass is 9.95. The van der Waals surface area contributed by atoms with Crippen LogP contribution in [-0.4, -0.2) is 28.2 Å². The molecule has 0 saturated carbocycles. The zero-order chi connectivity index (χ0) is 31.0. The summed E-state index contributed by atoms with van der Waals surface area (Å²) in [6.07, 6.45) is 1.44. The first kappa shape index (κ1) is 29.7. The highest BCUT2D eigenvalue weighted by Crippen LogP contribution is 2.37. The molecule has 0 N–H and O–H groups in total. The topological polar surface area (TPSA) is 126 Å². The lowest BCUT2D eigenvalue weighted by Crippen LogP contribution is -2.40. The molecule has 0 radical (unpaired) electrons. The molecular formula is C32H31N3O7S. The van der Waals surface area contributed by atoms with Crippen LogP contribution in [0.2, 0.25) is 0 Å². The van der Waals surface area contributed by atoms with Crippen LogP contribution in [0.1, 0.15) is 56.2 Å². The number of hydrogen-bond acceptors (Lipinski definition) is 9. The van der Waals surface area contributed by atoms with Crippen molar-refractivity contribution in [3.63, 3.8) is 0 Å². The molecule has 1 aliphatic rings. The maximum Gasteiger partial charge on any atom is 0.338 e. The first-order valence-corrected chi connectivity index (χ1v) is 14.6. The molecule has 11 heteroatoms. The number of nitrogens with zero attached hydrogens (tertiary/aromatic N) is 3. The minimum atomic E-state index is -0.835. The Kier molecular flexibility index (Phi) is 8.19. The molecule has 5 rings (SSSR count). The number of allylic oxidation sites excluding steroid dienone is 1. The molecule has 0 aliphatic carbocycles. The van der Waals surface area contributed by atoms with Crippen molar-refractivity contribution < 1.29 is 23.6 Å². The molecule has 2 aromatic carbocycles. The Hall–Kier alpha value is -4.77. The van der Waals surface area contributed by atoms with Gasteiger partial charge in [0.25, 0.3) is 11.2 Å². The largest absolute Gasteiger partial charge is 0.491 e. The number of para-hydroxylation sites is 1. The zero-order valence-electron chi connectivity index (χ0n) is 24.7. The smallest absolute Gasteiger partial charge is 0.338 e. The number of thiazole rings is 1. The van der Waals surface area contributed by atoms with Crippen LogP contribution in [-0.2, 0) is 9.53 Å². The third kappa shape index (κ3) is 5.68. The molecule has 10 nitrogen and oxygen atoms in total. The summed E-state index contributed by atoms with van der Waals surface area (Å²) >= 11 is 1.16. The zero-order valence-corrected chi connectivity index (χ0v) is 25.5. The van der Waals surface area contributed by atoms with Crippen molar-refractivity contribution in [2.45, 2.75) is 53.7 Å². The van der Waals surface area contributed by atoms with Gasteiger partial charge in [0.05, 0.1) is 39.0 Å². The van der Waals surface area contributed by atoms with Gasteiger partial charge in [0.1, 0.15) is 23.3 Å². The van der Waals surface area contributed by atoms with Gasteiger partial charge >= 0.3 is 5.97 Å². The second-order valence-electron chi connectivity index (χ2n) is 10.4. The molecule has 4 aromatic rings. The quantitative estimate of drug-likeness (QED) is 0.151. The number of carbonyl (C=O) groups is 1. The first-order chi connectivity index (χ1) is 20.5. The van der Waals surface area contributed by atoms with E-state index in [1.54, 1.807) is 44.2 Å². The van der Waals surface area contributed by atoms with Gasteiger partial charge in [0.2, 0.25) is 0 Å². The van der Waals surface area contributed by atoms with Crippen molar-refractivity contribution >= 4 is 29.1 Å². The summed E-state index contributed by atoms with van der Waals surface area (Å²) < 4.78 is 19.3. The van der Waals surface area contributed by atoms with Crippen LogP contribution >= 0.6 is 11.3 Å². The third-order valence-electron chi connectivity index (χ3n) is 7.07. The molecule has 0 saturated heterocycles. The van der Waals surface area contributed by atoms with Crippen LogP contribution in [0.4, 0.5) is 5.69 Å². The van der Waals surface area contributed by atoms with Crippen LogP contribution in [0, 0.1) is 24.0 Å². The van der Waals surface area contributed by atoms with E-state index in [9.17, 15) is 19.7 Å². The van der Waals surface area contributed by atoms with Crippen molar-refractivity contribution in [1.82, 2.24) is 4.57 Å². The fraction of sp³-hybridized carbons (Fsp3) is 0.281. The molecule has 0 spiro atoms. The van der Waals surface area contributed by atoms with E-state index in [1.807, 2.05) is 45.9 Å². The van der Waals surface area contributed by atoms with Crippen molar-refractivity contribution in [3.8, 4) is 17.1 Å². The second-order valence-corrected chi connectivity index (χ2v) is 11.4. The molecule has 0 amide bonds. The summed E-state index contributed by atoms with van der Waals surface area (Å²) in [6.45, 7) is 11.1. The highest BCUT2D eigenvalue weighted by atomic mass is 32.1. The number of rotatable bonds is 8. The summed E-state index contributed by atoms with van der Waals surface area (Å²) in [7, 11) is 0. The van der Waals surface area contributed by atoms with Crippen LogP contribution in [0.5, 0.6) is 5.75 Å². The molecule has 1 atom stereocenters. The van der Waals surface area contributed by atoms with Gasteiger partial charge in [0.15, 0.2) is 4.80 Å². The first-order valence-electron chi connectivity index (χ1n) is 13.8. The standard InChI is InChI=1S/C32H31N3O7S/c1-7-40-31(37)28-20(6)33-32-34(29(28)22-10-8-9-11-25(22)41-17(2)3)30(36)27(43-32)16-21-12-13-26(42-21)23-14-18(4)19(5)15-24(23)35(38)39/h8-17,29H,7H2,1-6H3/b27-16-/t29-/m0/s1. The fourth-order valence-electron chi connectivity index (χ4n) is 5.01. The van der Waals surface area contributed by atoms with E-state index in [2.05, 4.69) is 4.99 Å². The molecule has 0 fully saturated rings. The highest BCUT2D eigenvalue weighted by Gasteiger charge is 2.35. The summed E-state index contributed by atoms with van der Waals surface area (Å²) in [6, 6.07) is 13.0. The van der Waals surface area contributed by atoms with E-state index >= 15 is 0 Å². The van der Waals surface area contributed by atoms with Crippen molar-refractivity contribution in [2.75, 3.05) is 6.61 Å². The number of ether oxygens (including phenoxy) is 2. The Bertz CT molecular complexity index is 1960. The Labute approximate surface area is 251 Å². The lowest BCUT2D eigenvalue weighted by Gasteiger charge is -2.26. The van der Waals surface area contributed by atoms with Gasteiger partial charge in [-0.15, -0.1) is 0 Å². The molecule has 0 bridgehead atoms. The monoisotopic (exact) mass is 601 g/mol. The Morgan fingerprint density at radius 3 is 2.58 bits per heavy atom. The molecule has 0 unspecified atom stereocenters. The Balaban J connectivity index is 1.67. The van der Waals surface area contributed by atoms with E-state index in [0.717, 1.165) is 22.5 Å². The number of hydrogen-bond donors (Lipinski definition) is 0. The maximum atomic E-state index is 14.0. The number of aromatic nitrogens is 1. The lowest BCUT2D eigenvalue weighted by molar-refractivity contribution is -0.384. The van der Waals surface area contributed by atoms with E-state index in [1.165, 1.54) is 10.6 Å². The SMILES string of the molecule is CCOC(=O)C1=C(C)N=c2s/c(=C\c3ccc(-c4cc(C)c(C)cc4[N+](=O)[O-])o3)c(=O)n2[C@H]1c1ccccc1OC(C)C.